The molecular formula is C14H20N2O. The zero-order valence-electron chi connectivity index (χ0n) is 10.5. The van der Waals surface area contributed by atoms with Gasteiger partial charge in [-0.1, -0.05) is 6.92 Å². The van der Waals surface area contributed by atoms with Gasteiger partial charge in [0, 0.05) is 0 Å². The smallest absolute Gasteiger partial charge is 0.227 e. The lowest BCUT2D eigenvalue weighted by molar-refractivity contribution is -0.155. The Hall–Kier alpha value is -1.04. The van der Waals surface area contributed by atoms with Crippen LogP contribution in [0.3, 0.4) is 0 Å². The van der Waals surface area contributed by atoms with E-state index >= 15 is 0 Å². The van der Waals surface area contributed by atoms with Crippen molar-refractivity contribution in [2.45, 2.75) is 45.4 Å². The summed E-state index contributed by atoms with van der Waals surface area (Å²) in [5.41, 5.74) is 0.268. The molecule has 0 aliphatic heterocycles. The third-order valence-corrected chi connectivity index (χ3v) is 5.16. The maximum Gasteiger partial charge on any atom is 0.227 e. The number of carbonyl (C=O) groups is 1. The van der Waals surface area contributed by atoms with Gasteiger partial charge in [0.1, 0.15) is 6.54 Å². The van der Waals surface area contributed by atoms with Gasteiger partial charge in [0.05, 0.1) is 11.5 Å². The van der Waals surface area contributed by atoms with Crippen LogP contribution in [-0.2, 0) is 4.79 Å². The Bertz CT molecular complexity index is 382. The first kappa shape index (κ1) is 11.1. The highest BCUT2D eigenvalue weighted by molar-refractivity contribution is 5.83. The van der Waals surface area contributed by atoms with E-state index in [1.165, 1.54) is 19.3 Å². The molecule has 3 heteroatoms. The molecule has 4 saturated carbocycles. The van der Waals surface area contributed by atoms with E-state index in [9.17, 15) is 4.79 Å². The number of nitrogens with one attached hydrogen (secondary N) is 1. The van der Waals surface area contributed by atoms with E-state index in [1.54, 1.807) is 0 Å². The first-order chi connectivity index (χ1) is 8.05. The Balaban J connectivity index is 1.83. The molecule has 2 unspecified atom stereocenters. The van der Waals surface area contributed by atoms with Crippen molar-refractivity contribution in [2.75, 3.05) is 6.54 Å². The maximum absolute atomic E-state index is 12.3. The minimum atomic E-state index is -0.129. The third-order valence-electron chi connectivity index (χ3n) is 5.16. The Kier molecular flexibility index (Phi) is 2.26. The minimum Gasteiger partial charge on any atom is -0.343 e. The fourth-order valence-electron chi connectivity index (χ4n) is 5.29. The van der Waals surface area contributed by atoms with E-state index in [1.807, 2.05) is 6.07 Å². The van der Waals surface area contributed by atoms with Crippen LogP contribution in [0.4, 0.5) is 0 Å². The first-order valence-electron chi connectivity index (χ1n) is 6.71. The van der Waals surface area contributed by atoms with Crippen molar-refractivity contribution >= 4 is 5.91 Å². The summed E-state index contributed by atoms with van der Waals surface area (Å²) in [6.07, 6.45) is 7.15. The molecule has 17 heavy (non-hydrogen) atoms. The zero-order chi connectivity index (χ0) is 12.1. The van der Waals surface area contributed by atoms with E-state index in [-0.39, 0.29) is 17.9 Å². The van der Waals surface area contributed by atoms with Gasteiger partial charge in [-0.3, -0.25) is 4.79 Å². The molecule has 0 aromatic carbocycles. The summed E-state index contributed by atoms with van der Waals surface area (Å²) in [7, 11) is 0. The lowest BCUT2D eigenvalue weighted by Gasteiger charge is -2.60. The molecule has 0 spiro atoms. The monoisotopic (exact) mass is 232 g/mol. The fourth-order valence-corrected chi connectivity index (χ4v) is 5.29. The highest BCUT2D eigenvalue weighted by atomic mass is 16.2. The zero-order valence-corrected chi connectivity index (χ0v) is 10.5. The van der Waals surface area contributed by atoms with E-state index in [0.29, 0.717) is 5.41 Å². The summed E-state index contributed by atoms with van der Waals surface area (Å²) in [5.74, 6) is 1.67. The average Bonchev–Trinajstić information content (AvgIpc) is 2.22. The van der Waals surface area contributed by atoms with Crippen LogP contribution < -0.4 is 5.32 Å². The highest BCUT2D eigenvalue weighted by Crippen LogP contribution is 2.65. The molecule has 1 N–H and O–H groups in total. The molecule has 2 atom stereocenters. The van der Waals surface area contributed by atoms with Gasteiger partial charge >= 0.3 is 0 Å². The SMILES string of the molecule is CC12CC3CC(C1)CC(C(=O)NCC#N)(C3)C2. The molecule has 0 radical (unpaired) electrons. The summed E-state index contributed by atoms with van der Waals surface area (Å²) in [6, 6.07) is 2.01. The van der Waals surface area contributed by atoms with Crippen LogP contribution in [0.2, 0.25) is 0 Å². The van der Waals surface area contributed by atoms with Crippen molar-refractivity contribution in [3.05, 3.63) is 0 Å². The van der Waals surface area contributed by atoms with Crippen LogP contribution in [0.5, 0.6) is 0 Å². The van der Waals surface area contributed by atoms with Gasteiger partial charge < -0.3 is 5.32 Å². The topological polar surface area (TPSA) is 52.9 Å². The van der Waals surface area contributed by atoms with Gasteiger partial charge in [-0.25, -0.2) is 0 Å². The number of rotatable bonds is 2. The average molecular weight is 232 g/mol. The fraction of sp³-hybridized carbons (Fsp3) is 0.857. The summed E-state index contributed by atoms with van der Waals surface area (Å²) < 4.78 is 0. The molecule has 4 rings (SSSR count). The lowest BCUT2D eigenvalue weighted by atomic mass is 9.44. The van der Waals surface area contributed by atoms with Gasteiger partial charge in [-0.2, -0.15) is 5.26 Å². The van der Waals surface area contributed by atoms with Gasteiger partial charge in [-0.05, 0) is 55.8 Å². The summed E-state index contributed by atoms with van der Waals surface area (Å²) in [6.45, 7) is 2.52. The Labute approximate surface area is 103 Å². The molecule has 0 aromatic heterocycles. The number of nitrogens with zero attached hydrogens (tertiary/aromatic N) is 1. The normalized spacial score (nSPS) is 46.6. The molecule has 4 aliphatic carbocycles. The molecule has 4 bridgehead atoms. The van der Waals surface area contributed by atoms with Crippen LogP contribution in [0.25, 0.3) is 0 Å². The Morgan fingerprint density at radius 2 is 2.00 bits per heavy atom. The van der Waals surface area contributed by atoms with Crippen molar-refractivity contribution in [3.63, 3.8) is 0 Å². The Morgan fingerprint density at radius 3 is 2.53 bits per heavy atom. The van der Waals surface area contributed by atoms with E-state index < -0.39 is 0 Å². The standard InChI is InChI=1S/C14H20N2O/c1-13-5-10-4-11(6-13)8-14(7-10,9-13)12(17)16-3-2-15/h10-11H,3-9H2,1H3,(H,16,17). The first-order valence-corrected chi connectivity index (χ1v) is 6.71. The molecule has 92 valence electrons. The molecule has 0 heterocycles. The van der Waals surface area contributed by atoms with Crippen LogP contribution in [-0.4, -0.2) is 12.5 Å². The number of hydrogen-bond acceptors (Lipinski definition) is 2. The van der Waals surface area contributed by atoms with Crippen molar-refractivity contribution in [1.82, 2.24) is 5.32 Å². The highest BCUT2D eigenvalue weighted by Gasteiger charge is 2.58. The van der Waals surface area contributed by atoms with Crippen molar-refractivity contribution in [2.24, 2.45) is 22.7 Å². The Morgan fingerprint density at radius 1 is 1.35 bits per heavy atom. The maximum atomic E-state index is 12.3. The second kappa shape index (κ2) is 3.48. The molecule has 0 saturated heterocycles. The number of nitriles is 1. The number of hydrogen-bond donors (Lipinski definition) is 1. The van der Waals surface area contributed by atoms with Gasteiger partial charge in [0.15, 0.2) is 0 Å². The van der Waals surface area contributed by atoms with Gasteiger partial charge in [0.2, 0.25) is 5.91 Å². The summed E-state index contributed by atoms with van der Waals surface area (Å²) in [5, 5.41) is 11.4. The van der Waals surface area contributed by atoms with Gasteiger partial charge in [-0.15, -0.1) is 0 Å². The second-order valence-corrected chi connectivity index (χ2v) is 6.89. The number of amides is 1. The molecular weight excluding hydrogens is 212 g/mol. The quantitative estimate of drug-likeness (QED) is 0.742. The lowest BCUT2D eigenvalue weighted by Crippen LogP contribution is -2.56. The van der Waals surface area contributed by atoms with Crippen molar-refractivity contribution in [1.29, 1.82) is 5.26 Å². The second-order valence-electron chi connectivity index (χ2n) is 6.89. The summed E-state index contributed by atoms with van der Waals surface area (Å²) in [4.78, 5) is 12.3. The van der Waals surface area contributed by atoms with Crippen molar-refractivity contribution in [3.8, 4) is 6.07 Å². The molecule has 3 nitrogen and oxygen atoms in total. The predicted octanol–water partition coefficient (Wildman–Crippen LogP) is 2.23. The molecule has 0 aromatic rings. The van der Waals surface area contributed by atoms with Gasteiger partial charge in [0.25, 0.3) is 0 Å². The summed E-state index contributed by atoms with van der Waals surface area (Å²) >= 11 is 0. The predicted molar refractivity (Wildman–Crippen MR) is 63.8 cm³/mol. The van der Waals surface area contributed by atoms with E-state index in [0.717, 1.165) is 31.1 Å². The van der Waals surface area contributed by atoms with Crippen LogP contribution >= 0.6 is 0 Å². The molecule has 4 fully saturated rings. The molecule has 1 amide bonds. The van der Waals surface area contributed by atoms with E-state index in [2.05, 4.69) is 12.2 Å². The van der Waals surface area contributed by atoms with Crippen LogP contribution in [0.15, 0.2) is 0 Å². The largest absolute Gasteiger partial charge is 0.343 e. The number of carbonyl (C=O) groups excluding carboxylic acids is 1. The van der Waals surface area contributed by atoms with Crippen LogP contribution in [0, 0.1) is 34.0 Å². The van der Waals surface area contributed by atoms with Crippen molar-refractivity contribution < 1.29 is 4.79 Å². The minimum absolute atomic E-state index is 0.129. The van der Waals surface area contributed by atoms with Crippen LogP contribution in [0.1, 0.15) is 45.4 Å². The molecule has 4 aliphatic rings. The third kappa shape index (κ3) is 1.66. The van der Waals surface area contributed by atoms with E-state index in [4.69, 9.17) is 5.26 Å².